The first-order valence-electron chi connectivity index (χ1n) is 4.67. The summed E-state index contributed by atoms with van der Waals surface area (Å²) in [6, 6.07) is 7.50. The van der Waals surface area contributed by atoms with Gasteiger partial charge in [0.25, 0.3) is 10.1 Å². The Balaban J connectivity index is 2.74. The van der Waals surface area contributed by atoms with E-state index < -0.39 is 10.1 Å². The van der Waals surface area contributed by atoms with Gasteiger partial charge in [-0.1, -0.05) is 23.7 Å². The van der Waals surface area contributed by atoms with Crippen molar-refractivity contribution < 1.29 is 17.7 Å². The number of fused-ring (bicyclic) bond motifs is 1. The van der Waals surface area contributed by atoms with Gasteiger partial charge in [-0.3, -0.25) is 4.55 Å². The first-order valence-corrected chi connectivity index (χ1v) is 6.49. The summed E-state index contributed by atoms with van der Waals surface area (Å²) in [6.45, 7) is 0. The standard InChI is InChI=1S/C11H9ClO4S/c1-16-10-5-2-7-6-8(17(13,14)15)3-4-9(7)11(10)12/h2-6H,1H3,(H,13,14,15). The van der Waals surface area contributed by atoms with Crippen LogP contribution in [0.2, 0.25) is 5.02 Å². The zero-order chi connectivity index (χ0) is 12.6. The molecule has 0 saturated heterocycles. The molecule has 4 nitrogen and oxygen atoms in total. The molecule has 0 bridgehead atoms. The largest absolute Gasteiger partial charge is 0.495 e. The second-order valence-electron chi connectivity index (χ2n) is 3.44. The smallest absolute Gasteiger partial charge is 0.294 e. The van der Waals surface area contributed by atoms with E-state index in [9.17, 15) is 8.42 Å². The van der Waals surface area contributed by atoms with E-state index in [0.717, 1.165) is 0 Å². The molecule has 6 heteroatoms. The van der Waals surface area contributed by atoms with Gasteiger partial charge in [-0.15, -0.1) is 0 Å². The fourth-order valence-corrected chi connectivity index (χ4v) is 2.40. The quantitative estimate of drug-likeness (QED) is 0.854. The highest BCUT2D eigenvalue weighted by Crippen LogP contribution is 2.33. The average Bonchev–Trinajstić information content (AvgIpc) is 2.28. The molecule has 0 aliphatic heterocycles. The Morgan fingerprint density at radius 1 is 1.24 bits per heavy atom. The molecular formula is C11H9ClO4S. The Morgan fingerprint density at radius 3 is 2.53 bits per heavy atom. The van der Waals surface area contributed by atoms with Crippen molar-refractivity contribution >= 4 is 32.5 Å². The van der Waals surface area contributed by atoms with Gasteiger partial charge in [0.1, 0.15) is 5.75 Å². The monoisotopic (exact) mass is 272 g/mol. The summed E-state index contributed by atoms with van der Waals surface area (Å²) in [7, 11) is -2.70. The highest BCUT2D eigenvalue weighted by atomic mass is 35.5. The lowest BCUT2D eigenvalue weighted by Gasteiger charge is -2.07. The number of halogens is 1. The normalized spacial score (nSPS) is 11.7. The molecule has 0 fully saturated rings. The molecule has 2 aromatic rings. The van der Waals surface area contributed by atoms with Crippen molar-refractivity contribution in [1.82, 2.24) is 0 Å². The van der Waals surface area contributed by atoms with Crippen LogP contribution in [0.4, 0.5) is 0 Å². The Kier molecular flexibility index (Phi) is 2.99. The third-order valence-electron chi connectivity index (χ3n) is 2.41. The number of methoxy groups -OCH3 is 1. The Morgan fingerprint density at radius 2 is 1.94 bits per heavy atom. The fourth-order valence-electron chi connectivity index (χ4n) is 1.57. The van der Waals surface area contributed by atoms with Gasteiger partial charge in [-0.25, -0.2) is 0 Å². The lowest BCUT2D eigenvalue weighted by molar-refractivity contribution is 0.415. The summed E-state index contributed by atoms with van der Waals surface area (Å²) < 4.78 is 35.9. The summed E-state index contributed by atoms with van der Waals surface area (Å²) >= 11 is 6.07. The van der Waals surface area contributed by atoms with Crippen LogP contribution in [0, 0.1) is 0 Å². The molecule has 2 aromatic carbocycles. The van der Waals surface area contributed by atoms with Crippen LogP contribution < -0.4 is 4.74 Å². The van der Waals surface area contributed by atoms with Crippen LogP contribution in [0.25, 0.3) is 10.8 Å². The average molecular weight is 273 g/mol. The minimum Gasteiger partial charge on any atom is -0.495 e. The van der Waals surface area contributed by atoms with Crippen LogP contribution >= 0.6 is 11.6 Å². The Labute approximate surface area is 104 Å². The third-order valence-corrected chi connectivity index (χ3v) is 3.65. The zero-order valence-corrected chi connectivity index (χ0v) is 10.4. The lowest BCUT2D eigenvalue weighted by Crippen LogP contribution is -1.97. The van der Waals surface area contributed by atoms with E-state index in [1.54, 1.807) is 12.1 Å². The van der Waals surface area contributed by atoms with E-state index in [4.69, 9.17) is 20.9 Å². The number of rotatable bonds is 2. The summed E-state index contributed by atoms with van der Waals surface area (Å²) in [5.74, 6) is 0.513. The third kappa shape index (κ3) is 2.22. The van der Waals surface area contributed by atoms with Gasteiger partial charge in [0.05, 0.1) is 17.0 Å². The molecule has 0 amide bonds. The van der Waals surface area contributed by atoms with Crippen molar-refractivity contribution in [2.45, 2.75) is 4.90 Å². The SMILES string of the molecule is COc1ccc2cc(S(=O)(=O)O)ccc2c1Cl. The van der Waals surface area contributed by atoms with Crippen LogP contribution in [-0.2, 0) is 10.1 Å². The molecule has 0 aliphatic carbocycles. The molecule has 17 heavy (non-hydrogen) atoms. The molecule has 1 N–H and O–H groups in total. The minimum absolute atomic E-state index is 0.161. The molecule has 0 atom stereocenters. The van der Waals surface area contributed by atoms with E-state index in [0.29, 0.717) is 21.5 Å². The maximum Gasteiger partial charge on any atom is 0.294 e. The predicted octanol–water partition coefficient (Wildman–Crippen LogP) is 2.75. The van der Waals surface area contributed by atoms with Crippen LogP contribution in [0.15, 0.2) is 35.2 Å². The Bertz CT molecular complexity index is 679. The van der Waals surface area contributed by atoms with Crippen LogP contribution in [-0.4, -0.2) is 20.1 Å². The van der Waals surface area contributed by atoms with Crippen molar-refractivity contribution in [3.8, 4) is 5.75 Å². The van der Waals surface area contributed by atoms with Crippen molar-refractivity contribution in [2.75, 3.05) is 7.11 Å². The van der Waals surface area contributed by atoms with Gasteiger partial charge in [0.2, 0.25) is 0 Å². The maximum atomic E-state index is 11.0. The molecule has 0 unspecified atom stereocenters. The summed E-state index contributed by atoms with van der Waals surface area (Å²) in [6.07, 6.45) is 0. The number of hydrogen-bond donors (Lipinski definition) is 1. The zero-order valence-electron chi connectivity index (χ0n) is 8.84. The molecule has 0 saturated carbocycles. The van der Waals surface area contributed by atoms with E-state index in [2.05, 4.69) is 0 Å². The highest BCUT2D eigenvalue weighted by molar-refractivity contribution is 7.85. The van der Waals surface area contributed by atoms with Gasteiger partial charge in [-0.2, -0.15) is 8.42 Å². The molecule has 90 valence electrons. The van der Waals surface area contributed by atoms with Crippen molar-refractivity contribution in [3.63, 3.8) is 0 Å². The Hall–Kier alpha value is -1.30. The molecule has 0 aromatic heterocycles. The van der Waals surface area contributed by atoms with Gasteiger partial charge in [0, 0.05) is 5.39 Å². The molecule has 0 heterocycles. The van der Waals surface area contributed by atoms with Crippen LogP contribution in [0.5, 0.6) is 5.75 Å². The molecule has 0 radical (unpaired) electrons. The lowest BCUT2D eigenvalue weighted by atomic mass is 10.1. The fraction of sp³-hybridized carbons (Fsp3) is 0.0909. The second kappa shape index (κ2) is 4.18. The van der Waals surface area contributed by atoms with E-state index in [-0.39, 0.29) is 4.90 Å². The molecular weight excluding hydrogens is 264 g/mol. The van der Waals surface area contributed by atoms with E-state index >= 15 is 0 Å². The predicted molar refractivity (Wildman–Crippen MR) is 65.3 cm³/mol. The van der Waals surface area contributed by atoms with E-state index in [1.165, 1.54) is 25.3 Å². The van der Waals surface area contributed by atoms with Gasteiger partial charge in [-0.05, 0) is 23.6 Å². The van der Waals surface area contributed by atoms with Crippen molar-refractivity contribution in [2.24, 2.45) is 0 Å². The molecule has 2 rings (SSSR count). The van der Waals surface area contributed by atoms with Crippen molar-refractivity contribution in [1.29, 1.82) is 0 Å². The maximum absolute atomic E-state index is 11.0. The number of ether oxygens (including phenoxy) is 1. The van der Waals surface area contributed by atoms with Crippen LogP contribution in [0.1, 0.15) is 0 Å². The second-order valence-corrected chi connectivity index (χ2v) is 5.24. The van der Waals surface area contributed by atoms with Crippen molar-refractivity contribution in [3.05, 3.63) is 35.4 Å². The van der Waals surface area contributed by atoms with Gasteiger partial charge < -0.3 is 4.74 Å². The topological polar surface area (TPSA) is 63.6 Å². The van der Waals surface area contributed by atoms with Gasteiger partial charge >= 0.3 is 0 Å². The minimum atomic E-state index is -4.20. The highest BCUT2D eigenvalue weighted by Gasteiger charge is 2.12. The summed E-state index contributed by atoms with van der Waals surface area (Å²) in [5, 5.41) is 1.69. The van der Waals surface area contributed by atoms with E-state index in [1.807, 2.05) is 0 Å². The number of benzene rings is 2. The number of hydrogen-bond acceptors (Lipinski definition) is 3. The summed E-state index contributed by atoms with van der Waals surface area (Å²) in [4.78, 5) is -0.161. The summed E-state index contributed by atoms with van der Waals surface area (Å²) in [5.41, 5.74) is 0. The first kappa shape index (κ1) is 12.2. The van der Waals surface area contributed by atoms with Crippen LogP contribution in [0.3, 0.4) is 0 Å². The van der Waals surface area contributed by atoms with Gasteiger partial charge in [0.15, 0.2) is 0 Å². The molecule has 0 aliphatic rings. The molecule has 0 spiro atoms. The first-order chi connectivity index (χ1) is 7.93.